The number of thioether (sulfide) groups is 1. The van der Waals surface area contributed by atoms with Gasteiger partial charge in [-0.25, -0.2) is 0 Å². The molecule has 1 rings (SSSR count). The van der Waals surface area contributed by atoms with Crippen molar-refractivity contribution in [3.8, 4) is 0 Å². The van der Waals surface area contributed by atoms with Crippen LogP contribution in [-0.4, -0.2) is 42.1 Å². The van der Waals surface area contributed by atoms with E-state index in [4.69, 9.17) is 5.73 Å². The Balaban J connectivity index is 2.31. The van der Waals surface area contributed by atoms with E-state index >= 15 is 0 Å². The Labute approximate surface area is 86.2 Å². The molecule has 13 heavy (non-hydrogen) atoms. The maximum atomic E-state index is 6.10. The van der Waals surface area contributed by atoms with Crippen molar-refractivity contribution in [3.05, 3.63) is 0 Å². The van der Waals surface area contributed by atoms with Crippen LogP contribution in [0.1, 0.15) is 20.3 Å². The van der Waals surface area contributed by atoms with Crippen LogP contribution < -0.4 is 5.73 Å². The number of hydrogen-bond acceptors (Lipinski definition) is 3. The van der Waals surface area contributed by atoms with Crippen LogP contribution in [0.4, 0.5) is 0 Å². The molecule has 1 fully saturated rings. The first-order chi connectivity index (χ1) is 6.15. The van der Waals surface area contributed by atoms with Crippen molar-refractivity contribution < 1.29 is 0 Å². The summed E-state index contributed by atoms with van der Waals surface area (Å²) in [6, 6.07) is 1.09. The highest BCUT2D eigenvalue weighted by Crippen LogP contribution is 2.21. The molecule has 0 radical (unpaired) electrons. The number of hydrogen-bond donors (Lipinski definition) is 1. The van der Waals surface area contributed by atoms with Crippen LogP contribution in [0.15, 0.2) is 0 Å². The van der Waals surface area contributed by atoms with Crippen molar-refractivity contribution in [2.45, 2.75) is 32.4 Å². The second-order valence-corrected chi connectivity index (χ2v) is 5.17. The molecule has 2 nitrogen and oxygen atoms in total. The van der Waals surface area contributed by atoms with Crippen LogP contribution >= 0.6 is 11.8 Å². The van der Waals surface area contributed by atoms with Gasteiger partial charge < -0.3 is 10.6 Å². The van der Waals surface area contributed by atoms with Gasteiger partial charge >= 0.3 is 0 Å². The standard InChI is InChI=1S/C10H22N2S/c1-8(2)12-5-4-9(6-12)10(11)7-13-3/h8-10H,4-7,11H2,1-3H3. The number of nitrogens with zero attached hydrogens (tertiary/aromatic N) is 1. The topological polar surface area (TPSA) is 29.3 Å². The van der Waals surface area contributed by atoms with Crippen LogP contribution in [-0.2, 0) is 0 Å². The third-order valence-electron chi connectivity index (χ3n) is 2.95. The fourth-order valence-corrected chi connectivity index (χ4v) is 2.62. The Bertz CT molecular complexity index is 150. The van der Waals surface area contributed by atoms with Gasteiger partial charge in [-0.05, 0) is 39.0 Å². The molecule has 1 heterocycles. The van der Waals surface area contributed by atoms with Crippen molar-refractivity contribution in [3.63, 3.8) is 0 Å². The van der Waals surface area contributed by atoms with Crippen LogP contribution in [0.25, 0.3) is 0 Å². The Morgan fingerprint density at radius 1 is 1.54 bits per heavy atom. The van der Waals surface area contributed by atoms with Crippen molar-refractivity contribution in [1.82, 2.24) is 4.90 Å². The summed E-state index contributed by atoms with van der Waals surface area (Å²) >= 11 is 1.86. The molecule has 1 saturated heterocycles. The van der Waals surface area contributed by atoms with Gasteiger partial charge in [-0.15, -0.1) is 0 Å². The summed E-state index contributed by atoms with van der Waals surface area (Å²) in [7, 11) is 0. The quantitative estimate of drug-likeness (QED) is 0.747. The third kappa shape index (κ3) is 3.15. The summed E-state index contributed by atoms with van der Waals surface area (Å²) < 4.78 is 0. The molecule has 3 heteroatoms. The lowest BCUT2D eigenvalue weighted by atomic mass is 10.0. The SMILES string of the molecule is CSCC(N)C1CCN(C(C)C)C1. The molecule has 2 atom stereocenters. The van der Waals surface area contributed by atoms with E-state index in [0.29, 0.717) is 12.1 Å². The van der Waals surface area contributed by atoms with E-state index in [0.717, 1.165) is 11.7 Å². The molecular weight excluding hydrogens is 180 g/mol. The van der Waals surface area contributed by atoms with Gasteiger partial charge in [0.25, 0.3) is 0 Å². The summed E-state index contributed by atoms with van der Waals surface area (Å²) in [5.41, 5.74) is 6.10. The van der Waals surface area contributed by atoms with Crippen LogP contribution in [0, 0.1) is 5.92 Å². The van der Waals surface area contributed by atoms with Crippen LogP contribution in [0.3, 0.4) is 0 Å². The predicted molar refractivity (Wildman–Crippen MR) is 61.2 cm³/mol. The monoisotopic (exact) mass is 202 g/mol. The van der Waals surface area contributed by atoms with E-state index in [1.165, 1.54) is 19.5 Å². The molecule has 0 bridgehead atoms. The number of rotatable bonds is 4. The zero-order valence-electron chi connectivity index (χ0n) is 8.99. The highest BCUT2D eigenvalue weighted by molar-refractivity contribution is 7.98. The molecule has 1 aliphatic rings. The molecule has 0 aromatic rings. The Morgan fingerprint density at radius 3 is 2.69 bits per heavy atom. The van der Waals surface area contributed by atoms with Gasteiger partial charge in [-0.1, -0.05) is 0 Å². The maximum Gasteiger partial charge on any atom is 0.0171 e. The average molecular weight is 202 g/mol. The summed E-state index contributed by atoms with van der Waals surface area (Å²) in [6.07, 6.45) is 3.43. The summed E-state index contributed by atoms with van der Waals surface area (Å²) in [4.78, 5) is 2.53. The summed E-state index contributed by atoms with van der Waals surface area (Å²) in [5, 5.41) is 0. The van der Waals surface area contributed by atoms with Crippen LogP contribution in [0.5, 0.6) is 0 Å². The fraction of sp³-hybridized carbons (Fsp3) is 1.00. The largest absolute Gasteiger partial charge is 0.327 e. The average Bonchev–Trinajstić information content (AvgIpc) is 2.52. The Hall–Kier alpha value is 0.270. The molecular formula is C10H22N2S. The molecule has 0 saturated carbocycles. The van der Waals surface area contributed by atoms with E-state index in [2.05, 4.69) is 25.0 Å². The van der Waals surface area contributed by atoms with E-state index < -0.39 is 0 Å². The highest BCUT2D eigenvalue weighted by Gasteiger charge is 2.27. The summed E-state index contributed by atoms with van der Waals surface area (Å²) in [6.45, 7) is 6.98. The molecule has 0 amide bonds. The first-order valence-electron chi connectivity index (χ1n) is 5.13. The number of likely N-dealkylation sites (tertiary alicyclic amines) is 1. The van der Waals surface area contributed by atoms with E-state index in [1.807, 2.05) is 11.8 Å². The molecule has 0 spiro atoms. The second-order valence-electron chi connectivity index (χ2n) is 4.26. The second kappa shape index (κ2) is 5.23. The first-order valence-corrected chi connectivity index (χ1v) is 6.53. The lowest BCUT2D eigenvalue weighted by Gasteiger charge is -2.22. The lowest BCUT2D eigenvalue weighted by Crippen LogP contribution is -2.36. The molecule has 78 valence electrons. The minimum absolute atomic E-state index is 0.402. The molecule has 0 aliphatic carbocycles. The van der Waals surface area contributed by atoms with Crippen molar-refractivity contribution in [2.75, 3.05) is 25.1 Å². The minimum atomic E-state index is 0.402. The molecule has 1 aliphatic heterocycles. The summed E-state index contributed by atoms with van der Waals surface area (Å²) in [5.74, 6) is 1.84. The number of nitrogens with two attached hydrogens (primary N) is 1. The van der Waals surface area contributed by atoms with E-state index in [1.54, 1.807) is 0 Å². The predicted octanol–water partition coefficient (Wildman–Crippen LogP) is 1.41. The van der Waals surface area contributed by atoms with Crippen molar-refractivity contribution >= 4 is 11.8 Å². The van der Waals surface area contributed by atoms with Gasteiger partial charge in [0.15, 0.2) is 0 Å². The van der Waals surface area contributed by atoms with Crippen molar-refractivity contribution in [2.24, 2.45) is 11.7 Å². The zero-order valence-corrected chi connectivity index (χ0v) is 9.81. The van der Waals surface area contributed by atoms with Gasteiger partial charge in [0.2, 0.25) is 0 Å². The van der Waals surface area contributed by atoms with E-state index in [9.17, 15) is 0 Å². The highest BCUT2D eigenvalue weighted by atomic mass is 32.2. The van der Waals surface area contributed by atoms with Gasteiger partial charge in [-0.3, -0.25) is 0 Å². The molecule has 2 unspecified atom stereocenters. The Kier molecular flexibility index (Phi) is 4.56. The normalized spacial score (nSPS) is 27.0. The minimum Gasteiger partial charge on any atom is -0.327 e. The van der Waals surface area contributed by atoms with Crippen LogP contribution in [0.2, 0.25) is 0 Å². The van der Waals surface area contributed by atoms with Gasteiger partial charge in [0, 0.05) is 24.4 Å². The molecule has 0 aromatic heterocycles. The zero-order chi connectivity index (χ0) is 9.84. The maximum absolute atomic E-state index is 6.10. The van der Waals surface area contributed by atoms with E-state index in [-0.39, 0.29) is 0 Å². The fourth-order valence-electron chi connectivity index (χ4n) is 1.96. The van der Waals surface area contributed by atoms with Gasteiger partial charge in [0.1, 0.15) is 0 Å². The van der Waals surface area contributed by atoms with Gasteiger partial charge in [-0.2, -0.15) is 11.8 Å². The Morgan fingerprint density at radius 2 is 2.23 bits per heavy atom. The van der Waals surface area contributed by atoms with Gasteiger partial charge in [0.05, 0.1) is 0 Å². The molecule has 2 N–H and O–H groups in total. The molecule has 0 aromatic carbocycles. The first kappa shape index (κ1) is 11.3. The van der Waals surface area contributed by atoms with Crippen molar-refractivity contribution in [1.29, 1.82) is 0 Å². The lowest BCUT2D eigenvalue weighted by molar-refractivity contribution is 0.260. The third-order valence-corrected chi connectivity index (χ3v) is 3.67. The smallest absolute Gasteiger partial charge is 0.0171 e.